The maximum absolute atomic E-state index is 13.3. The number of rotatable bonds is 7. The molecule has 3 rings (SSSR count). The first-order chi connectivity index (χ1) is 13.1. The number of carbonyl (C=O) groups excluding carboxylic acids is 2. The zero-order valence-electron chi connectivity index (χ0n) is 14.4. The Morgan fingerprint density at radius 3 is 2.56 bits per heavy atom. The SMILES string of the molecule is O=C(Cc1csc(-c2cccc(F)c2)n1)NCCNC(=O)c1ccccc1. The van der Waals surface area contributed by atoms with E-state index < -0.39 is 0 Å². The molecule has 0 saturated carbocycles. The summed E-state index contributed by atoms with van der Waals surface area (Å²) in [6.07, 6.45) is 0.137. The van der Waals surface area contributed by atoms with Crippen molar-refractivity contribution in [2.24, 2.45) is 0 Å². The second-order valence-corrected chi connectivity index (χ2v) is 6.66. The van der Waals surface area contributed by atoms with Gasteiger partial charge in [0.05, 0.1) is 12.1 Å². The highest BCUT2D eigenvalue weighted by atomic mass is 32.1. The van der Waals surface area contributed by atoms with Crippen molar-refractivity contribution < 1.29 is 14.0 Å². The van der Waals surface area contributed by atoms with Crippen LogP contribution in [0, 0.1) is 5.82 Å². The minimum Gasteiger partial charge on any atom is -0.354 e. The van der Waals surface area contributed by atoms with Gasteiger partial charge >= 0.3 is 0 Å². The van der Waals surface area contributed by atoms with Crippen LogP contribution in [0.2, 0.25) is 0 Å². The van der Waals surface area contributed by atoms with E-state index in [1.54, 1.807) is 41.8 Å². The Morgan fingerprint density at radius 1 is 1.00 bits per heavy atom. The van der Waals surface area contributed by atoms with Crippen molar-refractivity contribution in [1.82, 2.24) is 15.6 Å². The van der Waals surface area contributed by atoms with E-state index >= 15 is 0 Å². The van der Waals surface area contributed by atoms with Crippen LogP contribution in [0.15, 0.2) is 60.0 Å². The Labute approximate surface area is 160 Å². The Hall–Kier alpha value is -3.06. The van der Waals surface area contributed by atoms with Crippen LogP contribution in [0.25, 0.3) is 10.6 Å². The van der Waals surface area contributed by atoms with Crippen molar-refractivity contribution in [3.05, 3.63) is 77.1 Å². The first-order valence-electron chi connectivity index (χ1n) is 8.42. The van der Waals surface area contributed by atoms with E-state index in [-0.39, 0.29) is 24.1 Å². The number of aromatic nitrogens is 1. The number of hydrogen-bond donors (Lipinski definition) is 2. The van der Waals surface area contributed by atoms with Gasteiger partial charge in [-0.2, -0.15) is 0 Å². The zero-order chi connectivity index (χ0) is 19.1. The number of nitrogens with one attached hydrogen (secondary N) is 2. The first kappa shape index (κ1) is 18.7. The number of hydrogen-bond acceptors (Lipinski definition) is 4. The number of benzene rings is 2. The molecule has 0 unspecified atom stereocenters. The van der Waals surface area contributed by atoms with Gasteiger partial charge in [0.2, 0.25) is 5.91 Å². The summed E-state index contributed by atoms with van der Waals surface area (Å²) < 4.78 is 13.3. The predicted octanol–water partition coefficient (Wildman–Crippen LogP) is 3.04. The van der Waals surface area contributed by atoms with Crippen LogP contribution < -0.4 is 10.6 Å². The molecule has 5 nitrogen and oxygen atoms in total. The van der Waals surface area contributed by atoms with E-state index in [4.69, 9.17) is 0 Å². The van der Waals surface area contributed by atoms with Gasteiger partial charge in [-0.15, -0.1) is 11.3 Å². The van der Waals surface area contributed by atoms with Crippen LogP contribution in [-0.4, -0.2) is 29.9 Å². The predicted molar refractivity (Wildman–Crippen MR) is 103 cm³/mol. The minimum absolute atomic E-state index is 0.137. The molecule has 0 aliphatic rings. The summed E-state index contributed by atoms with van der Waals surface area (Å²) in [7, 11) is 0. The Balaban J connectivity index is 1.43. The number of nitrogens with zero attached hydrogens (tertiary/aromatic N) is 1. The molecule has 138 valence electrons. The molecular weight excluding hydrogens is 365 g/mol. The quantitative estimate of drug-likeness (QED) is 0.616. The molecule has 0 radical (unpaired) electrons. The molecule has 2 aromatic carbocycles. The highest BCUT2D eigenvalue weighted by Gasteiger charge is 2.10. The standard InChI is InChI=1S/C20H18FN3O2S/c21-16-8-4-7-15(11-16)20-24-17(13-27-20)12-18(25)22-9-10-23-19(26)14-5-2-1-3-6-14/h1-8,11,13H,9-10,12H2,(H,22,25)(H,23,26). The zero-order valence-corrected chi connectivity index (χ0v) is 15.3. The van der Waals surface area contributed by atoms with Gasteiger partial charge in [-0.25, -0.2) is 9.37 Å². The fraction of sp³-hybridized carbons (Fsp3) is 0.150. The molecular formula is C20H18FN3O2S. The van der Waals surface area contributed by atoms with Crippen molar-refractivity contribution in [3.63, 3.8) is 0 Å². The largest absolute Gasteiger partial charge is 0.354 e. The number of halogens is 1. The molecule has 2 amide bonds. The Kier molecular flexibility index (Phi) is 6.27. The summed E-state index contributed by atoms with van der Waals surface area (Å²) in [5.74, 6) is -0.677. The molecule has 3 aromatic rings. The van der Waals surface area contributed by atoms with Crippen LogP contribution in [0.5, 0.6) is 0 Å². The minimum atomic E-state index is -0.320. The lowest BCUT2D eigenvalue weighted by molar-refractivity contribution is -0.120. The molecule has 7 heteroatoms. The molecule has 27 heavy (non-hydrogen) atoms. The van der Waals surface area contributed by atoms with E-state index in [1.807, 2.05) is 6.07 Å². The van der Waals surface area contributed by atoms with E-state index in [0.29, 0.717) is 34.9 Å². The summed E-state index contributed by atoms with van der Waals surface area (Å²) in [6.45, 7) is 0.670. The Bertz CT molecular complexity index is 928. The van der Waals surface area contributed by atoms with Gasteiger partial charge in [-0.05, 0) is 24.3 Å². The van der Waals surface area contributed by atoms with Crippen molar-refractivity contribution in [3.8, 4) is 10.6 Å². The van der Waals surface area contributed by atoms with E-state index in [2.05, 4.69) is 15.6 Å². The lowest BCUT2D eigenvalue weighted by Crippen LogP contribution is -2.35. The highest BCUT2D eigenvalue weighted by Crippen LogP contribution is 2.24. The molecule has 0 atom stereocenters. The molecule has 0 fully saturated rings. The highest BCUT2D eigenvalue weighted by molar-refractivity contribution is 7.13. The number of carbonyl (C=O) groups is 2. The van der Waals surface area contributed by atoms with Crippen LogP contribution in [-0.2, 0) is 11.2 Å². The van der Waals surface area contributed by atoms with Crippen molar-refractivity contribution in [2.75, 3.05) is 13.1 Å². The summed E-state index contributed by atoms with van der Waals surface area (Å²) >= 11 is 1.37. The van der Waals surface area contributed by atoms with Gasteiger partial charge in [-0.3, -0.25) is 9.59 Å². The smallest absolute Gasteiger partial charge is 0.251 e. The Morgan fingerprint density at radius 2 is 1.78 bits per heavy atom. The lowest BCUT2D eigenvalue weighted by atomic mass is 10.2. The molecule has 0 aliphatic heterocycles. The average Bonchev–Trinajstić information content (AvgIpc) is 3.14. The second kappa shape index (κ2) is 9.05. The average molecular weight is 383 g/mol. The third kappa shape index (κ3) is 5.46. The van der Waals surface area contributed by atoms with Gasteiger partial charge in [0, 0.05) is 29.6 Å². The summed E-state index contributed by atoms with van der Waals surface area (Å²) in [4.78, 5) is 28.3. The second-order valence-electron chi connectivity index (χ2n) is 5.80. The number of thiazole rings is 1. The van der Waals surface area contributed by atoms with E-state index in [0.717, 1.165) is 0 Å². The normalized spacial score (nSPS) is 10.4. The van der Waals surface area contributed by atoms with Crippen LogP contribution in [0.4, 0.5) is 4.39 Å². The fourth-order valence-electron chi connectivity index (χ4n) is 2.44. The van der Waals surface area contributed by atoms with Crippen molar-refractivity contribution in [1.29, 1.82) is 0 Å². The van der Waals surface area contributed by atoms with Gasteiger partial charge in [-0.1, -0.05) is 30.3 Å². The summed E-state index contributed by atoms with van der Waals surface area (Å²) in [5.41, 5.74) is 1.90. The van der Waals surface area contributed by atoms with Gasteiger partial charge in [0.25, 0.3) is 5.91 Å². The van der Waals surface area contributed by atoms with E-state index in [9.17, 15) is 14.0 Å². The van der Waals surface area contributed by atoms with E-state index in [1.165, 1.54) is 23.5 Å². The van der Waals surface area contributed by atoms with Crippen LogP contribution in [0.1, 0.15) is 16.1 Å². The molecule has 1 heterocycles. The van der Waals surface area contributed by atoms with Gasteiger partial charge < -0.3 is 10.6 Å². The topological polar surface area (TPSA) is 71.1 Å². The summed E-state index contributed by atoms with van der Waals surface area (Å²) in [6, 6.07) is 15.1. The van der Waals surface area contributed by atoms with Gasteiger partial charge in [0.1, 0.15) is 10.8 Å². The molecule has 0 aliphatic carbocycles. The molecule has 0 spiro atoms. The molecule has 2 N–H and O–H groups in total. The van der Waals surface area contributed by atoms with Gasteiger partial charge in [0.15, 0.2) is 0 Å². The number of amides is 2. The fourth-order valence-corrected chi connectivity index (χ4v) is 3.26. The van der Waals surface area contributed by atoms with Crippen molar-refractivity contribution >= 4 is 23.2 Å². The van der Waals surface area contributed by atoms with Crippen molar-refractivity contribution in [2.45, 2.75) is 6.42 Å². The maximum Gasteiger partial charge on any atom is 0.251 e. The molecule has 0 bridgehead atoms. The third-order valence-electron chi connectivity index (χ3n) is 3.73. The first-order valence-corrected chi connectivity index (χ1v) is 9.30. The van der Waals surface area contributed by atoms with Crippen LogP contribution >= 0.6 is 11.3 Å². The molecule has 0 saturated heterocycles. The van der Waals surface area contributed by atoms with Crippen LogP contribution in [0.3, 0.4) is 0 Å². The maximum atomic E-state index is 13.3. The monoisotopic (exact) mass is 383 g/mol. The molecule has 1 aromatic heterocycles. The lowest BCUT2D eigenvalue weighted by Gasteiger charge is -2.06. The third-order valence-corrected chi connectivity index (χ3v) is 4.67. The summed E-state index contributed by atoms with van der Waals surface area (Å²) in [5, 5.41) is 7.96.